The van der Waals surface area contributed by atoms with Crippen molar-refractivity contribution in [1.82, 2.24) is 9.97 Å². The van der Waals surface area contributed by atoms with Crippen molar-refractivity contribution < 1.29 is 0 Å². The van der Waals surface area contributed by atoms with Gasteiger partial charge in [0.2, 0.25) is 0 Å². The second-order valence-electron chi connectivity index (χ2n) is 2.89. The molecule has 15 heavy (non-hydrogen) atoms. The van der Waals surface area contributed by atoms with Crippen molar-refractivity contribution in [3.8, 4) is 11.4 Å². The van der Waals surface area contributed by atoms with Crippen LogP contribution in [0.1, 0.15) is 5.56 Å². The number of nitrogens with zero attached hydrogens (tertiary/aromatic N) is 2. The summed E-state index contributed by atoms with van der Waals surface area (Å²) in [6, 6.07) is 1.93. The molecule has 6 heteroatoms. The molecule has 0 saturated heterocycles. The molecule has 0 fully saturated rings. The number of aromatic nitrogens is 2. The van der Waals surface area contributed by atoms with Gasteiger partial charge in [0.15, 0.2) is 5.82 Å². The highest BCUT2D eigenvalue weighted by molar-refractivity contribution is 9.11. The van der Waals surface area contributed by atoms with Crippen LogP contribution in [0, 0.1) is 6.92 Å². The average Bonchev–Trinajstić information content (AvgIpc) is 2.60. The van der Waals surface area contributed by atoms with Crippen LogP contribution in [-0.4, -0.2) is 9.97 Å². The van der Waals surface area contributed by atoms with Gasteiger partial charge in [-0.1, -0.05) is 23.2 Å². The molecule has 0 N–H and O–H groups in total. The van der Waals surface area contributed by atoms with Crippen LogP contribution in [0.5, 0.6) is 0 Å². The van der Waals surface area contributed by atoms with Crippen LogP contribution in [0.2, 0.25) is 10.3 Å². The van der Waals surface area contributed by atoms with Crippen molar-refractivity contribution in [3.05, 3.63) is 31.1 Å². The topological polar surface area (TPSA) is 25.8 Å². The minimum absolute atomic E-state index is 0.396. The van der Waals surface area contributed by atoms with Crippen LogP contribution in [0.25, 0.3) is 11.4 Å². The van der Waals surface area contributed by atoms with Gasteiger partial charge in [0.1, 0.15) is 10.3 Å². The molecule has 0 bridgehead atoms. The third-order valence-electron chi connectivity index (χ3n) is 1.85. The first-order chi connectivity index (χ1) is 7.08. The lowest BCUT2D eigenvalue weighted by molar-refractivity contribution is 1.14. The summed E-state index contributed by atoms with van der Waals surface area (Å²) < 4.78 is 1.02. The summed E-state index contributed by atoms with van der Waals surface area (Å²) in [5.74, 6) is 0.553. The molecule has 0 amide bonds. The lowest BCUT2D eigenvalue weighted by atomic mass is 10.3. The predicted molar refractivity (Wildman–Crippen MR) is 67.8 cm³/mol. The lowest BCUT2D eigenvalue weighted by Gasteiger charge is -2.02. The van der Waals surface area contributed by atoms with Crippen molar-refractivity contribution in [2.45, 2.75) is 6.92 Å². The Bertz CT molecular complexity index is 490. The van der Waals surface area contributed by atoms with Gasteiger partial charge in [0, 0.05) is 16.5 Å². The van der Waals surface area contributed by atoms with E-state index in [9.17, 15) is 0 Å². The van der Waals surface area contributed by atoms with E-state index in [0.29, 0.717) is 21.7 Å². The molecule has 0 aliphatic heterocycles. The zero-order valence-corrected chi connectivity index (χ0v) is 11.5. The van der Waals surface area contributed by atoms with E-state index >= 15 is 0 Å². The summed E-state index contributed by atoms with van der Waals surface area (Å²) in [7, 11) is 0. The molecular formula is C9H5BrCl2N2S. The molecule has 2 aromatic rings. The Labute approximate surface area is 109 Å². The van der Waals surface area contributed by atoms with Gasteiger partial charge in [-0.25, -0.2) is 9.97 Å². The van der Waals surface area contributed by atoms with Gasteiger partial charge in [-0.15, -0.1) is 11.3 Å². The van der Waals surface area contributed by atoms with Crippen molar-refractivity contribution in [3.63, 3.8) is 0 Å². The highest BCUT2D eigenvalue weighted by Crippen LogP contribution is 2.29. The molecule has 2 aromatic heterocycles. The maximum absolute atomic E-state index is 5.93. The highest BCUT2D eigenvalue weighted by Gasteiger charge is 2.10. The number of hydrogen-bond donors (Lipinski definition) is 0. The minimum atomic E-state index is 0.396. The van der Waals surface area contributed by atoms with Crippen molar-refractivity contribution in [1.29, 1.82) is 0 Å². The van der Waals surface area contributed by atoms with Crippen LogP contribution in [0.3, 0.4) is 0 Å². The Morgan fingerprint density at radius 3 is 2.33 bits per heavy atom. The van der Waals surface area contributed by atoms with E-state index in [1.807, 2.05) is 11.4 Å². The van der Waals surface area contributed by atoms with Crippen molar-refractivity contribution in [2.24, 2.45) is 0 Å². The first-order valence-corrected chi connectivity index (χ1v) is 6.45. The van der Waals surface area contributed by atoms with Crippen LogP contribution in [-0.2, 0) is 0 Å². The molecule has 0 unspecified atom stereocenters. The average molecular weight is 324 g/mol. The SMILES string of the molecule is Cc1c(Cl)nc(-c2csc(Br)c2)nc1Cl. The summed E-state index contributed by atoms with van der Waals surface area (Å²) >= 11 is 16.8. The predicted octanol–water partition coefficient (Wildman–Crippen LogP) is 4.58. The van der Waals surface area contributed by atoms with Gasteiger partial charge in [0.25, 0.3) is 0 Å². The molecule has 2 heterocycles. The van der Waals surface area contributed by atoms with Gasteiger partial charge >= 0.3 is 0 Å². The standard InChI is InChI=1S/C9H5BrCl2N2S/c1-4-7(11)13-9(14-8(4)12)5-2-6(10)15-3-5/h2-3H,1H3. The van der Waals surface area contributed by atoms with E-state index in [0.717, 1.165) is 9.35 Å². The Hall–Kier alpha value is -0.160. The first kappa shape index (κ1) is 11.3. The zero-order valence-electron chi connectivity index (χ0n) is 7.59. The minimum Gasteiger partial charge on any atom is -0.216 e. The first-order valence-electron chi connectivity index (χ1n) is 4.02. The number of hydrogen-bond acceptors (Lipinski definition) is 3. The molecule has 0 aliphatic carbocycles. The van der Waals surface area contributed by atoms with E-state index in [-0.39, 0.29) is 0 Å². The zero-order chi connectivity index (χ0) is 11.0. The quantitative estimate of drug-likeness (QED) is 0.718. The number of thiophene rings is 1. The molecule has 0 saturated carbocycles. The highest BCUT2D eigenvalue weighted by atomic mass is 79.9. The molecule has 2 nitrogen and oxygen atoms in total. The van der Waals surface area contributed by atoms with Gasteiger partial charge in [-0.3, -0.25) is 0 Å². The summed E-state index contributed by atoms with van der Waals surface area (Å²) in [5.41, 5.74) is 1.62. The summed E-state index contributed by atoms with van der Waals surface area (Å²) in [6.45, 7) is 1.79. The maximum Gasteiger partial charge on any atom is 0.163 e. The molecule has 0 atom stereocenters. The van der Waals surface area contributed by atoms with Gasteiger partial charge < -0.3 is 0 Å². The van der Waals surface area contributed by atoms with E-state index < -0.39 is 0 Å². The second kappa shape index (κ2) is 4.37. The number of halogens is 3. The number of rotatable bonds is 1. The van der Waals surface area contributed by atoms with Gasteiger partial charge in [-0.05, 0) is 28.9 Å². The van der Waals surface area contributed by atoms with Gasteiger partial charge in [-0.2, -0.15) is 0 Å². The summed E-state index contributed by atoms with van der Waals surface area (Å²) in [4.78, 5) is 8.35. The van der Waals surface area contributed by atoms with Crippen molar-refractivity contribution >= 4 is 50.5 Å². The largest absolute Gasteiger partial charge is 0.216 e. The van der Waals surface area contributed by atoms with Crippen molar-refractivity contribution in [2.75, 3.05) is 0 Å². The van der Waals surface area contributed by atoms with Crippen LogP contribution in [0.15, 0.2) is 15.2 Å². The smallest absolute Gasteiger partial charge is 0.163 e. The molecule has 0 aromatic carbocycles. The van der Waals surface area contributed by atoms with Crippen LogP contribution in [0.4, 0.5) is 0 Å². The third kappa shape index (κ3) is 2.33. The van der Waals surface area contributed by atoms with E-state index in [1.165, 1.54) is 0 Å². The van der Waals surface area contributed by atoms with Crippen LogP contribution < -0.4 is 0 Å². The summed E-state index contributed by atoms with van der Waals surface area (Å²) in [6.07, 6.45) is 0. The van der Waals surface area contributed by atoms with E-state index in [2.05, 4.69) is 25.9 Å². The summed E-state index contributed by atoms with van der Waals surface area (Å²) in [5, 5.41) is 2.74. The Balaban J connectivity index is 2.55. The Morgan fingerprint density at radius 1 is 1.27 bits per heavy atom. The molecule has 0 spiro atoms. The molecule has 78 valence electrons. The molecule has 0 aliphatic rings. The van der Waals surface area contributed by atoms with E-state index in [1.54, 1.807) is 18.3 Å². The fourth-order valence-corrected chi connectivity index (χ4v) is 2.54. The van der Waals surface area contributed by atoms with Gasteiger partial charge in [0.05, 0.1) is 3.79 Å². The normalized spacial score (nSPS) is 10.7. The fraction of sp³-hybridized carbons (Fsp3) is 0.111. The fourth-order valence-electron chi connectivity index (χ4n) is 1.02. The van der Waals surface area contributed by atoms with Crippen LogP contribution >= 0.6 is 50.5 Å². The monoisotopic (exact) mass is 322 g/mol. The molecule has 0 radical (unpaired) electrons. The second-order valence-corrected chi connectivity index (χ2v) is 5.90. The Kier molecular flexibility index (Phi) is 3.30. The Morgan fingerprint density at radius 2 is 1.87 bits per heavy atom. The lowest BCUT2D eigenvalue weighted by Crippen LogP contribution is -1.92. The third-order valence-corrected chi connectivity index (χ3v) is 4.09. The van der Waals surface area contributed by atoms with E-state index in [4.69, 9.17) is 23.2 Å². The maximum atomic E-state index is 5.93. The molecular weight excluding hydrogens is 319 g/mol. The molecule has 2 rings (SSSR count).